The summed E-state index contributed by atoms with van der Waals surface area (Å²) in [7, 11) is 0. The predicted octanol–water partition coefficient (Wildman–Crippen LogP) is 1.97. The van der Waals surface area contributed by atoms with Crippen LogP contribution in [-0.2, 0) is 4.74 Å². The van der Waals surface area contributed by atoms with E-state index >= 15 is 0 Å². The highest BCUT2D eigenvalue weighted by atomic mass is 32.1. The highest BCUT2D eigenvalue weighted by molar-refractivity contribution is 7.09. The van der Waals surface area contributed by atoms with Crippen LogP contribution in [0.2, 0.25) is 0 Å². The van der Waals surface area contributed by atoms with Crippen molar-refractivity contribution in [1.29, 1.82) is 0 Å². The average Bonchev–Trinajstić information content (AvgIpc) is 2.77. The van der Waals surface area contributed by atoms with E-state index in [1.54, 1.807) is 11.3 Å². The van der Waals surface area contributed by atoms with Crippen molar-refractivity contribution in [2.75, 3.05) is 6.61 Å². The molecule has 0 spiro atoms. The minimum atomic E-state index is 0.338. The van der Waals surface area contributed by atoms with E-state index in [9.17, 15) is 0 Å². The standard InChI is InChI=1S/C10H16N2OS/c1-7(10-5-11-6-14-10)12-9-3-4-13-8(9)2/h5-9,12H,3-4H2,1-2H3. The molecule has 14 heavy (non-hydrogen) atoms. The van der Waals surface area contributed by atoms with Gasteiger partial charge in [0.05, 0.1) is 11.6 Å². The van der Waals surface area contributed by atoms with Crippen LogP contribution in [0.3, 0.4) is 0 Å². The summed E-state index contributed by atoms with van der Waals surface area (Å²) >= 11 is 1.70. The Morgan fingerprint density at radius 2 is 2.57 bits per heavy atom. The molecule has 0 amide bonds. The highest BCUT2D eigenvalue weighted by Crippen LogP contribution is 2.21. The molecule has 2 heterocycles. The fourth-order valence-corrected chi connectivity index (χ4v) is 2.43. The predicted molar refractivity (Wildman–Crippen MR) is 57.5 cm³/mol. The Balaban J connectivity index is 1.91. The van der Waals surface area contributed by atoms with Crippen LogP contribution in [0, 0.1) is 0 Å². The number of thiazole rings is 1. The first-order chi connectivity index (χ1) is 6.77. The topological polar surface area (TPSA) is 34.1 Å². The molecule has 1 fully saturated rings. The molecule has 1 N–H and O–H groups in total. The van der Waals surface area contributed by atoms with Gasteiger partial charge in [0.25, 0.3) is 0 Å². The van der Waals surface area contributed by atoms with Crippen LogP contribution in [0.25, 0.3) is 0 Å². The molecule has 0 radical (unpaired) electrons. The zero-order chi connectivity index (χ0) is 9.97. The highest BCUT2D eigenvalue weighted by Gasteiger charge is 2.25. The Morgan fingerprint density at radius 3 is 3.14 bits per heavy atom. The maximum atomic E-state index is 5.51. The van der Waals surface area contributed by atoms with Gasteiger partial charge in [0.1, 0.15) is 0 Å². The Kier molecular flexibility index (Phi) is 3.15. The van der Waals surface area contributed by atoms with Crippen molar-refractivity contribution in [3.8, 4) is 0 Å². The Morgan fingerprint density at radius 1 is 1.71 bits per heavy atom. The molecule has 1 aromatic heterocycles. The maximum absolute atomic E-state index is 5.51. The lowest BCUT2D eigenvalue weighted by molar-refractivity contribution is 0.111. The molecule has 2 rings (SSSR count). The monoisotopic (exact) mass is 212 g/mol. The molecule has 1 aliphatic rings. The zero-order valence-corrected chi connectivity index (χ0v) is 9.38. The summed E-state index contributed by atoms with van der Waals surface area (Å²) in [6, 6.07) is 0.878. The van der Waals surface area contributed by atoms with E-state index in [2.05, 4.69) is 24.1 Å². The second kappa shape index (κ2) is 4.38. The van der Waals surface area contributed by atoms with Crippen molar-refractivity contribution < 1.29 is 4.74 Å². The van der Waals surface area contributed by atoms with Crippen LogP contribution in [0.15, 0.2) is 11.7 Å². The van der Waals surface area contributed by atoms with Crippen LogP contribution in [0.5, 0.6) is 0 Å². The van der Waals surface area contributed by atoms with Crippen LogP contribution >= 0.6 is 11.3 Å². The largest absolute Gasteiger partial charge is 0.377 e. The molecule has 0 aromatic carbocycles. The number of rotatable bonds is 3. The molecule has 1 aliphatic heterocycles. The Labute approximate surface area is 88.5 Å². The lowest BCUT2D eigenvalue weighted by Gasteiger charge is -2.20. The molecule has 4 heteroatoms. The van der Waals surface area contributed by atoms with E-state index in [0.717, 1.165) is 13.0 Å². The van der Waals surface area contributed by atoms with Gasteiger partial charge in [-0.2, -0.15) is 0 Å². The normalized spacial score (nSPS) is 29.3. The van der Waals surface area contributed by atoms with Gasteiger partial charge in [0, 0.05) is 29.8 Å². The van der Waals surface area contributed by atoms with E-state index in [0.29, 0.717) is 18.2 Å². The van der Waals surface area contributed by atoms with Crippen molar-refractivity contribution in [1.82, 2.24) is 10.3 Å². The fourth-order valence-electron chi connectivity index (χ4n) is 1.79. The van der Waals surface area contributed by atoms with E-state index < -0.39 is 0 Å². The first kappa shape index (κ1) is 10.1. The van der Waals surface area contributed by atoms with Crippen LogP contribution < -0.4 is 5.32 Å². The molecular formula is C10H16N2OS. The summed E-state index contributed by atoms with van der Waals surface area (Å²) in [5.74, 6) is 0. The molecule has 3 unspecified atom stereocenters. The molecular weight excluding hydrogens is 196 g/mol. The van der Waals surface area contributed by atoms with Gasteiger partial charge >= 0.3 is 0 Å². The first-order valence-electron chi connectivity index (χ1n) is 5.03. The lowest BCUT2D eigenvalue weighted by Crippen LogP contribution is -2.36. The van der Waals surface area contributed by atoms with Crippen molar-refractivity contribution in [3.63, 3.8) is 0 Å². The zero-order valence-electron chi connectivity index (χ0n) is 8.56. The number of nitrogens with one attached hydrogen (secondary N) is 1. The van der Waals surface area contributed by atoms with Crippen LogP contribution in [0.1, 0.15) is 31.2 Å². The number of ether oxygens (including phenoxy) is 1. The van der Waals surface area contributed by atoms with Gasteiger partial charge in [0.15, 0.2) is 0 Å². The van der Waals surface area contributed by atoms with E-state index in [1.165, 1.54) is 4.88 Å². The summed E-state index contributed by atoms with van der Waals surface area (Å²) in [5, 5.41) is 3.58. The van der Waals surface area contributed by atoms with E-state index in [4.69, 9.17) is 4.74 Å². The molecule has 0 bridgehead atoms. The molecule has 0 aliphatic carbocycles. The van der Waals surface area contributed by atoms with Crippen molar-refractivity contribution in [3.05, 3.63) is 16.6 Å². The SMILES string of the molecule is CC(NC1CCOC1C)c1cncs1. The first-order valence-corrected chi connectivity index (χ1v) is 5.91. The van der Waals surface area contributed by atoms with Crippen LogP contribution in [-0.4, -0.2) is 23.7 Å². The lowest BCUT2D eigenvalue weighted by atomic mass is 10.1. The Bertz CT molecular complexity index is 276. The van der Waals surface area contributed by atoms with Gasteiger partial charge in [-0.25, -0.2) is 0 Å². The second-order valence-corrected chi connectivity index (χ2v) is 4.68. The van der Waals surface area contributed by atoms with Crippen molar-refractivity contribution >= 4 is 11.3 Å². The third-order valence-electron chi connectivity index (χ3n) is 2.72. The fraction of sp³-hybridized carbons (Fsp3) is 0.700. The van der Waals surface area contributed by atoms with Gasteiger partial charge in [-0.05, 0) is 20.3 Å². The molecule has 1 saturated heterocycles. The number of aromatic nitrogens is 1. The summed E-state index contributed by atoms with van der Waals surface area (Å²) in [5.41, 5.74) is 1.88. The molecule has 1 aromatic rings. The molecule has 3 nitrogen and oxygen atoms in total. The number of hydrogen-bond acceptors (Lipinski definition) is 4. The molecule has 3 atom stereocenters. The van der Waals surface area contributed by atoms with E-state index in [-0.39, 0.29) is 0 Å². The molecule has 0 saturated carbocycles. The summed E-state index contributed by atoms with van der Waals surface area (Å²) in [6.45, 7) is 5.19. The smallest absolute Gasteiger partial charge is 0.0794 e. The maximum Gasteiger partial charge on any atom is 0.0794 e. The van der Waals surface area contributed by atoms with Gasteiger partial charge in [0.2, 0.25) is 0 Å². The van der Waals surface area contributed by atoms with Crippen molar-refractivity contribution in [2.45, 2.75) is 38.5 Å². The summed E-state index contributed by atoms with van der Waals surface area (Å²) in [4.78, 5) is 5.38. The molecule has 78 valence electrons. The minimum Gasteiger partial charge on any atom is -0.377 e. The van der Waals surface area contributed by atoms with E-state index in [1.807, 2.05) is 11.7 Å². The summed E-state index contributed by atoms with van der Waals surface area (Å²) in [6.07, 6.45) is 3.39. The van der Waals surface area contributed by atoms with Crippen molar-refractivity contribution in [2.24, 2.45) is 0 Å². The Hall–Kier alpha value is -0.450. The average molecular weight is 212 g/mol. The van der Waals surface area contributed by atoms with Gasteiger partial charge in [-0.3, -0.25) is 4.98 Å². The summed E-state index contributed by atoms with van der Waals surface area (Å²) < 4.78 is 5.51. The third-order valence-corrected chi connectivity index (χ3v) is 3.68. The number of hydrogen-bond donors (Lipinski definition) is 1. The quantitative estimate of drug-likeness (QED) is 0.831. The third kappa shape index (κ3) is 2.13. The van der Waals surface area contributed by atoms with Crippen LogP contribution in [0.4, 0.5) is 0 Å². The van der Waals surface area contributed by atoms with Gasteiger partial charge < -0.3 is 10.1 Å². The number of nitrogens with zero attached hydrogens (tertiary/aromatic N) is 1. The van der Waals surface area contributed by atoms with Gasteiger partial charge in [-0.1, -0.05) is 0 Å². The second-order valence-electron chi connectivity index (χ2n) is 3.76. The van der Waals surface area contributed by atoms with Gasteiger partial charge in [-0.15, -0.1) is 11.3 Å². The minimum absolute atomic E-state index is 0.338.